The Morgan fingerprint density at radius 1 is 1.57 bits per heavy atom. The Morgan fingerprint density at radius 2 is 2.43 bits per heavy atom. The molecule has 0 bridgehead atoms. The number of hydrogen-bond donors (Lipinski definition) is 0. The average Bonchev–Trinajstić information content (AvgIpc) is 2.20. The highest BCUT2D eigenvalue weighted by molar-refractivity contribution is 6.04. The average molecular weight is 187 g/mol. The fourth-order valence-electron chi connectivity index (χ4n) is 1.65. The minimum atomic E-state index is 0.0432. The van der Waals surface area contributed by atoms with Gasteiger partial charge < -0.3 is 4.74 Å². The van der Waals surface area contributed by atoms with E-state index in [2.05, 4.69) is 16.8 Å². The van der Waals surface area contributed by atoms with Gasteiger partial charge in [0.2, 0.25) is 0 Å². The van der Waals surface area contributed by atoms with Gasteiger partial charge in [0.25, 0.3) is 0 Å². The molecule has 14 heavy (non-hydrogen) atoms. The Labute approximate surface area is 84.0 Å². The van der Waals surface area contributed by atoms with Gasteiger partial charge in [-0.25, -0.2) is 0 Å². The van der Waals surface area contributed by atoms with Crippen molar-refractivity contribution in [2.24, 2.45) is 4.99 Å². The highest BCUT2D eigenvalue weighted by atomic mass is 16.5. The predicted octanol–water partition coefficient (Wildman–Crippen LogP) is 2.40. The summed E-state index contributed by atoms with van der Waals surface area (Å²) in [5, 5.41) is 0. The highest BCUT2D eigenvalue weighted by Crippen LogP contribution is 2.24. The predicted molar refractivity (Wildman–Crippen MR) is 57.3 cm³/mol. The number of nitrogens with zero attached hydrogens (tertiary/aromatic N) is 1. The summed E-state index contributed by atoms with van der Waals surface area (Å²) in [6.07, 6.45) is 7.88. The zero-order chi connectivity index (χ0) is 9.97. The molecule has 0 fully saturated rings. The van der Waals surface area contributed by atoms with Crippen molar-refractivity contribution in [2.45, 2.75) is 20.0 Å². The van der Waals surface area contributed by atoms with Gasteiger partial charge in [0.05, 0.1) is 6.20 Å². The SMILES string of the molecule is CCOC1C=CC=C2C1=C=CN=C2C. The summed E-state index contributed by atoms with van der Waals surface area (Å²) in [5.74, 6) is 0. The molecule has 0 aromatic heterocycles. The van der Waals surface area contributed by atoms with Crippen LogP contribution in [0.1, 0.15) is 13.8 Å². The Balaban J connectivity index is 2.36. The van der Waals surface area contributed by atoms with Crippen molar-refractivity contribution in [2.75, 3.05) is 6.61 Å². The third-order valence-electron chi connectivity index (χ3n) is 2.34. The molecule has 1 aliphatic heterocycles. The first-order valence-corrected chi connectivity index (χ1v) is 4.83. The Kier molecular flexibility index (Phi) is 2.49. The van der Waals surface area contributed by atoms with E-state index in [-0.39, 0.29) is 6.10 Å². The summed E-state index contributed by atoms with van der Waals surface area (Å²) in [6, 6.07) is 0. The minimum absolute atomic E-state index is 0.0432. The van der Waals surface area contributed by atoms with E-state index in [9.17, 15) is 0 Å². The normalized spacial score (nSPS) is 23.9. The van der Waals surface area contributed by atoms with E-state index in [1.165, 1.54) is 0 Å². The standard InChI is InChI=1S/C12H13NO/c1-3-14-12-6-4-5-10-9(2)13-8-7-11(10)12/h4-6,8,12H,3H2,1-2H3. The van der Waals surface area contributed by atoms with Crippen molar-refractivity contribution in [3.8, 4) is 0 Å². The van der Waals surface area contributed by atoms with Gasteiger partial charge in [-0.3, -0.25) is 4.99 Å². The third kappa shape index (κ3) is 1.50. The van der Waals surface area contributed by atoms with E-state index in [0.717, 1.165) is 16.9 Å². The largest absolute Gasteiger partial charge is 0.369 e. The third-order valence-corrected chi connectivity index (χ3v) is 2.34. The molecule has 0 aromatic rings. The fraction of sp³-hybridized carbons (Fsp3) is 0.333. The van der Waals surface area contributed by atoms with Crippen LogP contribution in [0.4, 0.5) is 0 Å². The summed E-state index contributed by atoms with van der Waals surface area (Å²) in [5.41, 5.74) is 6.43. The molecule has 0 N–H and O–H groups in total. The molecule has 1 atom stereocenters. The molecule has 0 spiro atoms. The summed E-state index contributed by atoms with van der Waals surface area (Å²) < 4.78 is 5.60. The van der Waals surface area contributed by atoms with Gasteiger partial charge in [0, 0.05) is 23.5 Å². The van der Waals surface area contributed by atoms with Crippen molar-refractivity contribution < 1.29 is 4.74 Å². The van der Waals surface area contributed by atoms with Crippen molar-refractivity contribution >= 4 is 5.71 Å². The second kappa shape index (κ2) is 3.79. The second-order valence-corrected chi connectivity index (χ2v) is 3.24. The molecular formula is C12H13NO. The van der Waals surface area contributed by atoms with Gasteiger partial charge in [-0.05, 0) is 13.8 Å². The van der Waals surface area contributed by atoms with E-state index in [1.54, 1.807) is 6.20 Å². The van der Waals surface area contributed by atoms with Crippen LogP contribution in [0, 0.1) is 0 Å². The maximum Gasteiger partial charge on any atom is 0.109 e. The Hall–Kier alpha value is -1.37. The van der Waals surface area contributed by atoms with Crippen LogP contribution in [0.3, 0.4) is 0 Å². The van der Waals surface area contributed by atoms with Crippen molar-refractivity contribution in [1.82, 2.24) is 0 Å². The summed E-state index contributed by atoms with van der Waals surface area (Å²) in [4.78, 5) is 4.21. The van der Waals surface area contributed by atoms with Crippen LogP contribution in [0.15, 0.2) is 46.3 Å². The lowest BCUT2D eigenvalue weighted by atomic mass is 9.92. The summed E-state index contributed by atoms with van der Waals surface area (Å²) in [7, 11) is 0. The van der Waals surface area contributed by atoms with Crippen LogP contribution in [-0.4, -0.2) is 18.4 Å². The van der Waals surface area contributed by atoms with Crippen molar-refractivity contribution in [1.29, 1.82) is 0 Å². The van der Waals surface area contributed by atoms with Crippen molar-refractivity contribution in [3.63, 3.8) is 0 Å². The van der Waals surface area contributed by atoms with Gasteiger partial charge in [-0.15, -0.1) is 0 Å². The zero-order valence-corrected chi connectivity index (χ0v) is 8.45. The maximum absolute atomic E-state index is 5.60. The number of ether oxygens (including phenoxy) is 1. The smallest absolute Gasteiger partial charge is 0.109 e. The van der Waals surface area contributed by atoms with Crippen LogP contribution in [0.25, 0.3) is 0 Å². The topological polar surface area (TPSA) is 21.6 Å². The lowest BCUT2D eigenvalue weighted by Crippen LogP contribution is -2.20. The minimum Gasteiger partial charge on any atom is -0.369 e. The molecule has 0 aromatic carbocycles. The number of fused-ring (bicyclic) bond motifs is 1. The first kappa shape index (κ1) is 9.20. The molecule has 1 aliphatic carbocycles. The molecule has 0 amide bonds. The summed E-state index contributed by atoms with van der Waals surface area (Å²) in [6.45, 7) is 4.72. The van der Waals surface area contributed by atoms with Crippen LogP contribution in [0.2, 0.25) is 0 Å². The highest BCUT2D eigenvalue weighted by Gasteiger charge is 2.20. The number of allylic oxidation sites excluding steroid dienone is 2. The molecule has 0 saturated carbocycles. The van der Waals surface area contributed by atoms with Crippen LogP contribution in [0.5, 0.6) is 0 Å². The second-order valence-electron chi connectivity index (χ2n) is 3.24. The zero-order valence-electron chi connectivity index (χ0n) is 8.45. The monoisotopic (exact) mass is 187 g/mol. The molecule has 1 heterocycles. The van der Waals surface area contributed by atoms with Gasteiger partial charge in [-0.1, -0.05) is 24.0 Å². The molecule has 72 valence electrons. The van der Waals surface area contributed by atoms with E-state index in [0.29, 0.717) is 6.61 Å². The molecular weight excluding hydrogens is 174 g/mol. The first-order valence-electron chi connectivity index (χ1n) is 4.83. The summed E-state index contributed by atoms with van der Waals surface area (Å²) >= 11 is 0. The number of aliphatic imine (C=N–C) groups is 1. The van der Waals surface area contributed by atoms with Gasteiger partial charge in [0.15, 0.2) is 0 Å². The first-order chi connectivity index (χ1) is 6.83. The molecule has 2 nitrogen and oxygen atoms in total. The molecule has 0 radical (unpaired) electrons. The van der Waals surface area contributed by atoms with E-state index < -0.39 is 0 Å². The van der Waals surface area contributed by atoms with E-state index >= 15 is 0 Å². The molecule has 1 unspecified atom stereocenters. The molecule has 0 saturated heterocycles. The quantitative estimate of drug-likeness (QED) is 0.608. The Morgan fingerprint density at radius 3 is 3.21 bits per heavy atom. The van der Waals surface area contributed by atoms with E-state index in [4.69, 9.17) is 4.74 Å². The van der Waals surface area contributed by atoms with Crippen LogP contribution < -0.4 is 0 Å². The Bertz CT molecular complexity index is 393. The molecule has 2 heteroatoms. The fourth-order valence-corrected chi connectivity index (χ4v) is 1.65. The lowest BCUT2D eigenvalue weighted by molar-refractivity contribution is 0.122. The number of hydrogen-bond acceptors (Lipinski definition) is 2. The lowest BCUT2D eigenvalue weighted by Gasteiger charge is -2.21. The maximum atomic E-state index is 5.60. The van der Waals surface area contributed by atoms with Crippen LogP contribution >= 0.6 is 0 Å². The molecule has 2 aliphatic rings. The van der Waals surface area contributed by atoms with Gasteiger partial charge >= 0.3 is 0 Å². The van der Waals surface area contributed by atoms with Crippen LogP contribution in [-0.2, 0) is 4.74 Å². The van der Waals surface area contributed by atoms with Gasteiger partial charge in [0.1, 0.15) is 6.10 Å². The van der Waals surface area contributed by atoms with E-state index in [1.807, 2.05) is 26.0 Å². The van der Waals surface area contributed by atoms with Crippen molar-refractivity contribution in [3.05, 3.63) is 41.3 Å². The van der Waals surface area contributed by atoms with Gasteiger partial charge in [-0.2, -0.15) is 0 Å². The molecule has 2 rings (SSSR count). The number of rotatable bonds is 2.